The van der Waals surface area contributed by atoms with Crippen molar-refractivity contribution in [2.24, 2.45) is 0 Å². The standard InChI is InChI=1S/C18H18FNO4/c1-3-23-18(22)13-8-4-7-11-16(13)24-12(2)17(21)20-15-10-6-5-9-14(15)19/h4-12H,3H2,1-2H3,(H,20,21)/t12-/m1/s1. The summed E-state index contributed by atoms with van der Waals surface area (Å²) in [6.45, 7) is 3.44. The highest BCUT2D eigenvalue weighted by atomic mass is 19.1. The zero-order valence-electron chi connectivity index (χ0n) is 13.4. The molecule has 1 N–H and O–H groups in total. The van der Waals surface area contributed by atoms with Gasteiger partial charge < -0.3 is 14.8 Å². The van der Waals surface area contributed by atoms with Crippen LogP contribution in [0.5, 0.6) is 5.75 Å². The molecule has 0 bridgehead atoms. The third kappa shape index (κ3) is 4.32. The summed E-state index contributed by atoms with van der Waals surface area (Å²) >= 11 is 0. The van der Waals surface area contributed by atoms with E-state index in [1.54, 1.807) is 37.3 Å². The molecule has 2 aromatic rings. The fourth-order valence-corrected chi connectivity index (χ4v) is 1.99. The van der Waals surface area contributed by atoms with Gasteiger partial charge in [-0.15, -0.1) is 0 Å². The van der Waals surface area contributed by atoms with Crippen molar-refractivity contribution >= 4 is 17.6 Å². The van der Waals surface area contributed by atoms with Crippen LogP contribution in [-0.2, 0) is 9.53 Å². The second kappa shape index (κ2) is 8.10. The maximum absolute atomic E-state index is 13.6. The Morgan fingerprint density at radius 1 is 1.12 bits per heavy atom. The van der Waals surface area contributed by atoms with Crippen LogP contribution in [0.1, 0.15) is 24.2 Å². The summed E-state index contributed by atoms with van der Waals surface area (Å²) in [6.07, 6.45) is -0.930. The van der Waals surface area contributed by atoms with Crippen molar-refractivity contribution in [2.75, 3.05) is 11.9 Å². The van der Waals surface area contributed by atoms with Gasteiger partial charge in [0.25, 0.3) is 5.91 Å². The number of hydrogen-bond acceptors (Lipinski definition) is 4. The molecule has 126 valence electrons. The zero-order chi connectivity index (χ0) is 17.5. The van der Waals surface area contributed by atoms with Gasteiger partial charge in [0, 0.05) is 0 Å². The number of ether oxygens (including phenoxy) is 2. The maximum Gasteiger partial charge on any atom is 0.341 e. The quantitative estimate of drug-likeness (QED) is 0.824. The first-order valence-electron chi connectivity index (χ1n) is 7.51. The fraction of sp³-hybridized carbons (Fsp3) is 0.222. The highest BCUT2D eigenvalue weighted by molar-refractivity contribution is 5.95. The number of anilines is 1. The second-order valence-electron chi connectivity index (χ2n) is 4.95. The molecule has 0 saturated heterocycles. The molecule has 0 heterocycles. The van der Waals surface area contributed by atoms with E-state index in [9.17, 15) is 14.0 Å². The Morgan fingerprint density at radius 3 is 2.50 bits per heavy atom. The molecular weight excluding hydrogens is 313 g/mol. The summed E-state index contributed by atoms with van der Waals surface area (Å²) < 4.78 is 24.1. The SMILES string of the molecule is CCOC(=O)c1ccccc1O[C@H](C)C(=O)Nc1ccccc1F. The van der Waals surface area contributed by atoms with Crippen LogP contribution in [-0.4, -0.2) is 24.6 Å². The lowest BCUT2D eigenvalue weighted by Crippen LogP contribution is -2.31. The minimum atomic E-state index is -0.930. The highest BCUT2D eigenvalue weighted by Gasteiger charge is 2.20. The Morgan fingerprint density at radius 2 is 1.79 bits per heavy atom. The summed E-state index contributed by atoms with van der Waals surface area (Å²) in [4.78, 5) is 24.1. The number of carbonyl (C=O) groups is 2. The summed E-state index contributed by atoms with van der Waals surface area (Å²) in [5.41, 5.74) is 0.293. The maximum atomic E-state index is 13.6. The lowest BCUT2D eigenvalue weighted by molar-refractivity contribution is -0.122. The fourth-order valence-electron chi connectivity index (χ4n) is 1.99. The molecule has 0 radical (unpaired) electrons. The Balaban J connectivity index is 2.09. The topological polar surface area (TPSA) is 64.6 Å². The first-order chi connectivity index (χ1) is 11.5. The third-order valence-electron chi connectivity index (χ3n) is 3.19. The van der Waals surface area contributed by atoms with Crippen molar-refractivity contribution in [1.29, 1.82) is 0 Å². The van der Waals surface area contributed by atoms with Crippen LogP contribution in [0, 0.1) is 5.82 Å². The molecule has 0 aliphatic rings. The third-order valence-corrected chi connectivity index (χ3v) is 3.19. The van der Waals surface area contributed by atoms with Crippen LogP contribution in [0.3, 0.4) is 0 Å². The number of carbonyl (C=O) groups excluding carboxylic acids is 2. The lowest BCUT2D eigenvalue weighted by Gasteiger charge is -2.17. The highest BCUT2D eigenvalue weighted by Crippen LogP contribution is 2.21. The van der Waals surface area contributed by atoms with Crippen LogP contribution >= 0.6 is 0 Å². The summed E-state index contributed by atoms with van der Waals surface area (Å²) in [6, 6.07) is 12.3. The van der Waals surface area contributed by atoms with E-state index in [2.05, 4.69) is 5.32 Å². The van der Waals surface area contributed by atoms with Crippen LogP contribution in [0.15, 0.2) is 48.5 Å². The number of rotatable bonds is 6. The Bertz CT molecular complexity index is 732. The summed E-state index contributed by atoms with van der Waals surface area (Å²) in [5.74, 6) is -1.37. The van der Waals surface area contributed by atoms with E-state index in [1.165, 1.54) is 25.1 Å². The predicted octanol–water partition coefficient (Wildman–Crippen LogP) is 3.41. The smallest absolute Gasteiger partial charge is 0.341 e. The van der Waals surface area contributed by atoms with Crippen molar-refractivity contribution in [2.45, 2.75) is 20.0 Å². The minimum Gasteiger partial charge on any atom is -0.480 e. The molecular formula is C18H18FNO4. The first-order valence-corrected chi connectivity index (χ1v) is 7.51. The molecule has 6 heteroatoms. The van der Waals surface area contributed by atoms with Gasteiger partial charge in [-0.1, -0.05) is 24.3 Å². The predicted molar refractivity (Wildman–Crippen MR) is 87.5 cm³/mol. The van der Waals surface area contributed by atoms with E-state index in [-0.39, 0.29) is 23.6 Å². The molecule has 0 aliphatic heterocycles. The van der Waals surface area contributed by atoms with Gasteiger partial charge in [0.2, 0.25) is 0 Å². The molecule has 0 saturated carbocycles. The van der Waals surface area contributed by atoms with Gasteiger partial charge in [-0.05, 0) is 38.1 Å². The molecule has 0 spiro atoms. The summed E-state index contributed by atoms with van der Waals surface area (Å²) in [7, 11) is 0. The van der Waals surface area contributed by atoms with Crippen LogP contribution in [0.25, 0.3) is 0 Å². The number of halogens is 1. The molecule has 1 atom stereocenters. The van der Waals surface area contributed by atoms with E-state index in [0.717, 1.165) is 0 Å². The van der Waals surface area contributed by atoms with Crippen molar-refractivity contribution in [3.63, 3.8) is 0 Å². The van der Waals surface area contributed by atoms with E-state index in [0.29, 0.717) is 0 Å². The van der Waals surface area contributed by atoms with Gasteiger partial charge in [0.05, 0.1) is 12.3 Å². The Kier molecular flexibility index (Phi) is 5.89. The number of benzene rings is 2. The number of para-hydroxylation sites is 2. The summed E-state index contributed by atoms with van der Waals surface area (Å²) in [5, 5.41) is 2.45. The number of nitrogens with one attached hydrogen (secondary N) is 1. The van der Waals surface area contributed by atoms with Crippen molar-refractivity contribution in [3.8, 4) is 5.75 Å². The number of amides is 1. The van der Waals surface area contributed by atoms with Crippen LogP contribution in [0.2, 0.25) is 0 Å². The van der Waals surface area contributed by atoms with Gasteiger partial charge in [-0.25, -0.2) is 9.18 Å². The average molecular weight is 331 g/mol. The van der Waals surface area contributed by atoms with Gasteiger partial charge >= 0.3 is 5.97 Å². The lowest BCUT2D eigenvalue weighted by atomic mass is 10.2. The molecule has 2 aromatic carbocycles. The Hall–Kier alpha value is -2.89. The van der Waals surface area contributed by atoms with E-state index in [1.807, 2.05) is 0 Å². The molecule has 24 heavy (non-hydrogen) atoms. The van der Waals surface area contributed by atoms with Gasteiger partial charge in [-0.3, -0.25) is 4.79 Å². The van der Waals surface area contributed by atoms with E-state index in [4.69, 9.17) is 9.47 Å². The number of hydrogen-bond donors (Lipinski definition) is 1. The molecule has 0 unspecified atom stereocenters. The average Bonchev–Trinajstić information content (AvgIpc) is 2.57. The van der Waals surface area contributed by atoms with Crippen molar-refractivity contribution in [3.05, 3.63) is 59.9 Å². The minimum absolute atomic E-state index is 0.0663. The van der Waals surface area contributed by atoms with Crippen molar-refractivity contribution < 1.29 is 23.5 Å². The second-order valence-corrected chi connectivity index (χ2v) is 4.95. The monoisotopic (exact) mass is 331 g/mol. The van der Waals surface area contributed by atoms with Gasteiger partial charge in [-0.2, -0.15) is 0 Å². The van der Waals surface area contributed by atoms with Gasteiger partial charge in [0.15, 0.2) is 6.10 Å². The van der Waals surface area contributed by atoms with Crippen LogP contribution < -0.4 is 10.1 Å². The molecule has 2 rings (SSSR count). The normalized spacial score (nSPS) is 11.5. The van der Waals surface area contributed by atoms with E-state index < -0.39 is 23.8 Å². The van der Waals surface area contributed by atoms with Crippen molar-refractivity contribution in [1.82, 2.24) is 0 Å². The largest absolute Gasteiger partial charge is 0.480 e. The Labute approximate surface area is 139 Å². The molecule has 0 fully saturated rings. The molecule has 0 aromatic heterocycles. The molecule has 1 amide bonds. The zero-order valence-corrected chi connectivity index (χ0v) is 13.4. The number of esters is 1. The van der Waals surface area contributed by atoms with E-state index >= 15 is 0 Å². The van der Waals surface area contributed by atoms with Crippen LogP contribution in [0.4, 0.5) is 10.1 Å². The molecule has 5 nitrogen and oxygen atoms in total. The van der Waals surface area contributed by atoms with Gasteiger partial charge in [0.1, 0.15) is 17.1 Å². The molecule has 0 aliphatic carbocycles. The first kappa shape index (κ1) is 17.5.